The van der Waals surface area contributed by atoms with Crippen molar-refractivity contribution in [3.8, 4) is 11.5 Å². The summed E-state index contributed by atoms with van der Waals surface area (Å²) >= 11 is 7.48. The molecule has 0 N–H and O–H groups in total. The van der Waals surface area contributed by atoms with Crippen LogP contribution in [0.3, 0.4) is 0 Å². The second kappa shape index (κ2) is 9.89. The largest absolute Gasteiger partial charge is 0.493 e. The van der Waals surface area contributed by atoms with Gasteiger partial charge in [0.05, 0.1) is 17.0 Å². The molecule has 1 unspecified atom stereocenters. The average Bonchev–Trinajstić information content (AvgIpc) is 3.10. The van der Waals surface area contributed by atoms with Gasteiger partial charge < -0.3 is 9.47 Å². The van der Waals surface area contributed by atoms with Crippen LogP contribution in [0.4, 0.5) is 4.79 Å². The first kappa shape index (κ1) is 23.2. The molecule has 1 fully saturated rings. The third kappa shape index (κ3) is 4.72. The van der Waals surface area contributed by atoms with Gasteiger partial charge in [0.15, 0.2) is 11.5 Å². The number of benzene rings is 3. The first-order valence-corrected chi connectivity index (χ1v) is 11.9. The molecule has 7 heteroatoms. The predicted molar refractivity (Wildman–Crippen MR) is 134 cm³/mol. The molecule has 0 aliphatic carbocycles. The maximum atomic E-state index is 12.7. The van der Waals surface area contributed by atoms with Crippen LogP contribution in [0.5, 0.6) is 11.5 Å². The lowest BCUT2D eigenvalue weighted by Crippen LogP contribution is -2.36. The van der Waals surface area contributed by atoms with Crippen molar-refractivity contribution in [1.82, 2.24) is 4.90 Å². The van der Waals surface area contributed by atoms with Crippen LogP contribution in [0, 0.1) is 0 Å². The summed E-state index contributed by atoms with van der Waals surface area (Å²) < 4.78 is 11.6. The molecule has 1 aliphatic rings. The molecule has 1 saturated heterocycles. The van der Waals surface area contributed by atoms with Crippen molar-refractivity contribution in [2.24, 2.45) is 0 Å². The number of halogens is 1. The number of hydrogen-bond donors (Lipinski definition) is 0. The summed E-state index contributed by atoms with van der Waals surface area (Å²) in [6.07, 6.45) is 2.36. The van der Waals surface area contributed by atoms with Crippen LogP contribution in [0.1, 0.15) is 31.4 Å². The summed E-state index contributed by atoms with van der Waals surface area (Å²) in [6.45, 7) is 4.13. The fourth-order valence-corrected chi connectivity index (χ4v) is 4.93. The summed E-state index contributed by atoms with van der Waals surface area (Å²) in [5.74, 6) is 0.595. The minimum atomic E-state index is -0.286. The van der Waals surface area contributed by atoms with E-state index in [-0.39, 0.29) is 17.2 Å². The number of imide groups is 1. The van der Waals surface area contributed by atoms with E-state index in [1.165, 1.54) is 12.0 Å². The Morgan fingerprint density at radius 2 is 1.88 bits per heavy atom. The van der Waals surface area contributed by atoms with E-state index in [1.807, 2.05) is 38.1 Å². The van der Waals surface area contributed by atoms with Crippen LogP contribution in [0.25, 0.3) is 16.8 Å². The normalized spacial score (nSPS) is 16.0. The summed E-state index contributed by atoms with van der Waals surface area (Å²) in [4.78, 5) is 26.7. The van der Waals surface area contributed by atoms with Gasteiger partial charge >= 0.3 is 0 Å². The van der Waals surface area contributed by atoms with E-state index in [0.29, 0.717) is 40.0 Å². The van der Waals surface area contributed by atoms with Crippen molar-refractivity contribution >= 4 is 51.4 Å². The van der Waals surface area contributed by atoms with E-state index in [9.17, 15) is 9.59 Å². The molecule has 33 heavy (non-hydrogen) atoms. The van der Waals surface area contributed by atoms with Gasteiger partial charge in [-0.3, -0.25) is 14.5 Å². The van der Waals surface area contributed by atoms with Crippen molar-refractivity contribution in [2.75, 3.05) is 7.11 Å². The zero-order chi connectivity index (χ0) is 23.5. The standard InChI is InChI=1S/C26H24ClNO4S/c1-4-16(2)28-25(29)23(33-26(28)30)14-17-12-21(27)24(22(13-17)31-3)32-15-19-10-7-9-18-8-5-6-11-20(18)19/h5-14,16H,4,15H2,1-3H3/b23-14+. The molecule has 0 radical (unpaired) electrons. The van der Waals surface area contributed by atoms with Gasteiger partial charge in [-0.2, -0.15) is 0 Å². The Kier molecular flexibility index (Phi) is 6.96. The number of fused-ring (bicyclic) bond motifs is 1. The maximum absolute atomic E-state index is 12.7. The smallest absolute Gasteiger partial charge is 0.293 e. The third-order valence-corrected chi connectivity index (χ3v) is 6.82. The van der Waals surface area contributed by atoms with Gasteiger partial charge in [0.25, 0.3) is 11.1 Å². The van der Waals surface area contributed by atoms with Crippen LogP contribution in [-0.4, -0.2) is 29.2 Å². The van der Waals surface area contributed by atoms with Crippen molar-refractivity contribution in [1.29, 1.82) is 0 Å². The van der Waals surface area contributed by atoms with E-state index >= 15 is 0 Å². The SMILES string of the molecule is CCC(C)N1C(=O)S/C(=C/c2cc(Cl)c(OCc3cccc4ccccc34)c(OC)c2)C1=O. The monoisotopic (exact) mass is 481 g/mol. The lowest BCUT2D eigenvalue weighted by molar-refractivity contribution is -0.124. The number of carbonyl (C=O) groups is 2. The quantitative estimate of drug-likeness (QED) is 0.343. The number of hydrogen-bond acceptors (Lipinski definition) is 5. The van der Waals surface area contributed by atoms with Crippen LogP contribution < -0.4 is 9.47 Å². The topological polar surface area (TPSA) is 55.8 Å². The molecule has 170 valence electrons. The molecular formula is C26H24ClNO4S. The number of amides is 2. The fraction of sp³-hybridized carbons (Fsp3) is 0.231. The molecule has 0 saturated carbocycles. The highest BCUT2D eigenvalue weighted by molar-refractivity contribution is 8.18. The van der Waals surface area contributed by atoms with Crippen LogP contribution in [-0.2, 0) is 11.4 Å². The number of thioether (sulfide) groups is 1. The molecule has 0 aromatic heterocycles. The van der Waals surface area contributed by atoms with E-state index in [0.717, 1.165) is 28.1 Å². The van der Waals surface area contributed by atoms with E-state index in [1.54, 1.807) is 18.2 Å². The molecule has 3 aromatic rings. The van der Waals surface area contributed by atoms with Crippen molar-refractivity contribution < 1.29 is 19.1 Å². The average molecular weight is 482 g/mol. The van der Waals surface area contributed by atoms with Crippen LogP contribution in [0.15, 0.2) is 59.5 Å². The molecular weight excluding hydrogens is 458 g/mol. The van der Waals surface area contributed by atoms with Crippen molar-refractivity contribution in [2.45, 2.75) is 32.9 Å². The number of methoxy groups -OCH3 is 1. The molecule has 0 spiro atoms. The fourth-order valence-electron chi connectivity index (χ4n) is 3.73. The summed E-state index contributed by atoms with van der Waals surface area (Å²) in [5, 5.41) is 2.36. The lowest BCUT2D eigenvalue weighted by Gasteiger charge is -2.19. The Hall–Kier alpha value is -2.96. The minimum Gasteiger partial charge on any atom is -0.493 e. The molecule has 4 rings (SSSR count). The van der Waals surface area contributed by atoms with Gasteiger partial charge in [-0.25, -0.2) is 0 Å². The summed E-state index contributed by atoms with van der Waals surface area (Å²) in [7, 11) is 1.54. The van der Waals surface area contributed by atoms with Crippen LogP contribution in [0.2, 0.25) is 5.02 Å². The van der Waals surface area contributed by atoms with Gasteiger partial charge in [0.1, 0.15) is 6.61 Å². The van der Waals surface area contributed by atoms with Gasteiger partial charge in [0, 0.05) is 6.04 Å². The molecule has 2 amide bonds. The summed E-state index contributed by atoms with van der Waals surface area (Å²) in [6, 6.07) is 17.5. The van der Waals surface area contributed by atoms with Gasteiger partial charge in [-0.15, -0.1) is 0 Å². The second-order valence-electron chi connectivity index (χ2n) is 7.77. The predicted octanol–water partition coefficient (Wildman–Crippen LogP) is 6.92. The highest BCUT2D eigenvalue weighted by atomic mass is 35.5. The highest BCUT2D eigenvalue weighted by Crippen LogP contribution is 2.40. The maximum Gasteiger partial charge on any atom is 0.293 e. The zero-order valence-electron chi connectivity index (χ0n) is 18.6. The zero-order valence-corrected chi connectivity index (χ0v) is 20.2. The van der Waals surface area contributed by atoms with E-state index < -0.39 is 0 Å². The van der Waals surface area contributed by atoms with Gasteiger partial charge in [0.2, 0.25) is 0 Å². The van der Waals surface area contributed by atoms with Crippen molar-refractivity contribution in [3.63, 3.8) is 0 Å². The Labute approximate surface area is 202 Å². The summed E-state index contributed by atoms with van der Waals surface area (Å²) in [5.41, 5.74) is 1.69. The van der Waals surface area contributed by atoms with Gasteiger partial charge in [-0.05, 0) is 65.2 Å². The molecule has 3 aromatic carbocycles. The van der Waals surface area contributed by atoms with E-state index in [2.05, 4.69) is 18.2 Å². The highest BCUT2D eigenvalue weighted by Gasteiger charge is 2.37. The Morgan fingerprint density at radius 1 is 1.12 bits per heavy atom. The third-order valence-electron chi connectivity index (χ3n) is 5.66. The number of carbonyl (C=O) groups excluding carboxylic acids is 2. The number of nitrogens with zero attached hydrogens (tertiary/aromatic N) is 1. The Balaban J connectivity index is 1.59. The molecule has 5 nitrogen and oxygen atoms in total. The first-order valence-electron chi connectivity index (χ1n) is 10.7. The lowest BCUT2D eigenvalue weighted by atomic mass is 10.1. The van der Waals surface area contributed by atoms with Crippen molar-refractivity contribution in [3.05, 3.63) is 75.7 Å². The van der Waals surface area contributed by atoms with Gasteiger partial charge in [-0.1, -0.05) is 61.0 Å². The Morgan fingerprint density at radius 3 is 2.64 bits per heavy atom. The number of ether oxygens (including phenoxy) is 2. The minimum absolute atomic E-state index is 0.147. The molecule has 1 aliphatic heterocycles. The van der Waals surface area contributed by atoms with Crippen LogP contribution >= 0.6 is 23.4 Å². The molecule has 1 atom stereocenters. The molecule has 1 heterocycles. The molecule has 0 bridgehead atoms. The van der Waals surface area contributed by atoms with E-state index in [4.69, 9.17) is 21.1 Å². The Bertz CT molecular complexity index is 1250. The first-order chi connectivity index (χ1) is 15.9. The number of rotatable bonds is 7. The second-order valence-corrected chi connectivity index (χ2v) is 9.17.